The highest BCUT2D eigenvalue weighted by Crippen LogP contribution is 2.33. The summed E-state index contributed by atoms with van der Waals surface area (Å²) < 4.78 is 6.50. The molecule has 0 spiro atoms. The summed E-state index contributed by atoms with van der Waals surface area (Å²) in [7, 11) is 1.53. The number of carbonyl (C=O) groups excluding carboxylic acids is 1. The Balaban J connectivity index is 1.64. The standard InChI is InChI=1S/C20H15Cl2N5O2S/c1-29-18-3-2-11(16-5-12-9-23-10-24-19(12)25-16)4-17(18)26-20(28)27(30)15-7-13(21)6-14(22)8-15/h2-10,30H,1H3,(H,26,28)(H,23,24,25). The fourth-order valence-electron chi connectivity index (χ4n) is 2.95. The lowest BCUT2D eigenvalue weighted by atomic mass is 10.1. The first-order chi connectivity index (χ1) is 14.4. The van der Waals surface area contributed by atoms with E-state index in [2.05, 4.69) is 33.1 Å². The maximum Gasteiger partial charge on any atom is 0.336 e. The van der Waals surface area contributed by atoms with E-state index in [4.69, 9.17) is 27.9 Å². The number of methoxy groups -OCH3 is 1. The number of amides is 2. The van der Waals surface area contributed by atoms with Gasteiger partial charge in [0.1, 0.15) is 17.7 Å². The van der Waals surface area contributed by atoms with Gasteiger partial charge in [0, 0.05) is 32.9 Å². The molecule has 0 fully saturated rings. The number of carbonyl (C=O) groups is 1. The molecule has 10 heteroatoms. The quantitative estimate of drug-likeness (QED) is 0.335. The topological polar surface area (TPSA) is 83.1 Å². The van der Waals surface area contributed by atoms with Crippen LogP contribution in [0.15, 0.2) is 55.0 Å². The van der Waals surface area contributed by atoms with E-state index in [1.165, 1.54) is 13.4 Å². The second-order valence-corrected chi connectivity index (χ2v) is 7.57. The van der Waals surface area contributed by atoms with Crippen LogP contribution in [0.2, 0.25) is 10.0 Å². The largest absolute Gasteiger partial charge is 0.495 e. The minimum absolute atomic E-state index is 0.394. The first-order valence-electron chi connectivity index (χ1n) is 8.68. The van der Waals surface area contributed by atoms with Crippen LogP contribution < -0.4 is 14.4 Å². The number of aromatic amines is 1. The lowest BCUT2D eigenvalue weighted by Gasteiger charge is -2.18. The molecule has 0 saturated carbocycles. The number of H-pyrrole nitrogens is 1. The highest BCUT2D eigenvalue weighted by molar-refractivity contribution is 7.82. The lowest BCUT2D eigenvalue weighted by molar-refractivity contribution is 0.260. The minimum Gasteiger partial charge on any atom is -0.495 e. The second kappa shape index (κ2) is 8.43. The molecule has 2 aromatic carbocycles. The smallest absolute Gasteiger partial charge is 0.336 e. The zero-order chi connectivity index (χ0) is 21.3. The SMILES string of the molecule is COc1ccc(-c2cc3cncnc3[nH]2)cc1NC(=O)N(S)c1cc(Cl)cc(Cl)c1. The molecule has 0 aliphatic rings. The highest BCUT2D eigenvalue weighted by Gasteiger charge is 2.17. The number of fused-ring (bicyclic) bond motifs is 1. The van der Waals surface area contributed by atoms with E-state index in [1.54, 1.807) is 36.5 Å². The third kappa shape index (κ3) is 4.16. The molecule has 2 amide bonds. The number of ether oxygens (including phenoxy) is 1. The van der Waals surface area contributed by atoms with Crippen LogP contribution in [0.25, 0.3) is 22.3 Å². The molecule has 30 heavy (non-hydrogen) atoms. The van der Waals surface area contributed by atoms with Crippen molar-refractivity contribution in [3.63, 3.8) is 0 Å². The lowest BCUT2D eigenvalue weighted by Crippen LogP contribution is -2.27. The molecule has 152 valence electrons. The van der Waals surface area contributed by atoms with E-state index < -0.39 is 6.03 Å². The Labute approximate surface area is 187 Å². The number of aromatic nitrogens is 3. The highest BCUT2D eigenvalue weighted by atomic mass is 35.5. The average molecular weight is 460 g/mol. The van der Waals surface area contributed by atoms with Crippen molar-refractivity contribution < 1.29 is 9.53 Å². The number of nitrogens with one attached hydrogen (secondary N) is 2. The van der Waals surface area contributed by atoms with E-state index in [9.17, 15) is 4.79 Å². The van der Waals surface area contributed by atoms with Crippen LogP contribution >= 0.6 is 36.0 Å². The van der Waals surface area contributed by atoms with E-state index in [0.717, 1.165) is 26.6 Å². The number of nitrogens with zero attached hydrogens (tertiary/aromatic N) is 3. The molecule has 0 aliphatic carbocycles. The van der Waals surface area contributed by atoms with Crippen molar-refractivity contribution in [1.29, 1.82) is 0 Å². The summed E-state index contributed by atoms with van der Waals surface area (Å²) in [5.74, 6) is 0.494. The van der Waals surface area contributed by atoms with Gasteiger partial charge in [0.05, 0.1) is 18.5 Å². The van der Waals surface area contributed by atoms with Gasteiger partial charge < -0.3 is 15.0 Å². The molecule has 4 aromatic rings. The average Bonchev–Trinajstić information content (AvgIpc) is 3.16. The van der Waals surface area contributed by atoms with Crippen LogP contribution in [-0.4, -0.2) is 28.1 Å². The fourth-order valence-corrected chi connectivity index (χ4v) is 3.63. The molecule has 0 saturated heterocycles. The van der Waals surface area contributed by atoms with Gasteiger partial charge in [-0.3, -0.25) is 0 Å². The summed E-state index contributed by atoms with van der Waals surface area (Å²) in [4.78, 5) is 24.2. The molecule has 0 radical (unpaired) electrons. The van der Waals surface area contributed by atoms with Crippen LogP contribution in [0.1, 0.15) is 0 Å². The molecular formula is C20H15Cl2N5O2S. The Bertz CT molecular complexity index is 1190. The summed E-state index contributed by atoms with van der Waals surface area (Å²) in [6, 6.07) is 11.6. The fraction of sp³-hybridized carbons (Fsp3) is 0.0500. The van der Waals surface area contributed by atoms with Crippen LogP contribution in [0.5, 0.6) is 5.75 Å². The Morgan fingerprint density at radius 2 is 1.93 bits per heavy atom. The normalized spacial score (nSPS) is 10.8. The number of hydrogen-bond acceptors (Lipinski definition) is 5. The minimum atomic E-state index is -0.505. The van der Waals surface area contributed by atoms with Crippen molar-refractivity contribution in [3.8, 4) is 17.0 Å². The van der Waals surface area contributed by atoms with Gasteiger partial charge in [0.2, 0.25) is 0 Å². The van der Waals surface area contributed by atoms with Gasteiger partial charge in [0.25, 0.3) is 0 Å². The molecular weight excluding hydrogens is 445 g/mol. The maximum atomic E-state index is 12.8. The molecule has 7 nitrogen and oxygen atoms in total. The predicted octanol–water partition coefficient (Wildman–Crippen LogP) is 5.82. The van der Waals surface area contributed by atoms with Crippen molar-refractivity contribution in [3.05, 3.63) is 65.0 Å². The number of thiol groups is 1. The Hall–Kier alpha value is -2.94. The Kier molecular flexibility index (Phi) is 5.72. The molecule has 0 aliphatic heterocycles. The Morgan fingerprint density at radius 3 is 2.63 bits per heavy atom. The zero-order valence-corrected chi connectivity index (χ0v) is 18.0. The summed E-state index contributed by atoms with van der Waals surface area (Å²) in [5, 5.41) is 4.47. The van der Waals surface area contributed by atoms with Crippen molar-refractivity contribution >= 4 is 64.5 Å². The molecule has 2 N–H and O–H groups in total. The van der Waals surface area contributed by atoms with Crippen molar-refractivity contribution in [2.75, 3.05) is 16.7 Å². The van der Waals surface area contributed by atoms with Crippen molar-refractivity contribution in [2.45, 2.75) is 0 Å². The van der Waals surface area contributed by atoms with Crippen LogP contribution in [0, 0.1) is 0 Å². The summed E-state index contributed by atoms with van der Waals surface area (Å²) in [6.07, 6.45) is 3.20. The predicted molar refractivity (Wildman–Crippen MR) is 123 cm³/mol. The van der Waals surface area contributed by atoms with Crippen LogP contribution in [-0.2, 0) is 0 Å². The van der Waals surface area contributed by atoms with E-state index in [0.29, 0.717) is 27.2 Å². The van der Waals surface area contributed by atoms with Crippen molar-refractivity contribution in [1.82, 2.24) is 15.0 Å². The Morgan fingerprint density at radius 1 is 1.17 bits per heavy atom. The summed E-state index contributed by atoms with van der Waals surface area (Å²) in [6.45, 7) is 0. The molecule has 0 bridgehead atoms. The van der Waals surface area contributed by atoms with Gasteiger partial charge in [-0.1, -0.05) is 36.0 Å². The zero-order valence-electron chi connectivity index (χ0n) is 15.6. The maximum absolute atomic E-state index is 12.8. The van der Waals surface area contributed by atoms with E-state index in [1.807, 2.05) is 12.1 Å². The molecule has 4 rings (SSSR count). The van der Waals surface area contributed by atoms with Crippen LogP contribution in [0.4, 0.5) is 16.2 Å². The second-order valence-electron chi connectivity index (χ2n) is 6.29. The van der Waals surface area contributed by atoms with Gasteiger partial charge in [-0.2, -0.15) is 0 Å². The van der Waals surface area contributed by atoms with Gasteiger partial charge in [0.15, 0.2) is 0 Å². The van der Waals surface area contributed by atoms with Gasteiger partial charge in [-0.25, -0.2) is 19.1 Å². The number of hydrogen-bond donors (Lipinski definition) is 3. The molecule has 2 aromatic heterocycles. The third-order valence-corrected chi connectivity index (χ3v) is 5.18. The van der Waals surface area contributed by atoms with Gasteiger partial charge in [-0.15, -0.1) is 0 Å². The first kappa shape index (κ1) is 20.3. The van der Waals surface area contributed by atoms with E-state index in [-0.39, 0.29) is 0 Å². The molecule has 2 heterocycles. The summed E-state index contributed by atoms with van der Waals surface area (Å²) in [5.41, 5.74) is 3.28. The van der Waals surface area contributed by atoms with Crippen LogP contribution in [0.3, 0.4) is 0 Å². The third-order valence-electron chi connectivity index (χ3n) is 4.33. The number of urea groups is 1. The van der Waals surface area contributed by atoms with E-state index >= 15 is 0 Å². The summed E-state index contributed by atoms with van der Waals surface area (Å²) >= 11 is 16.3. The number of anilines is 2. The van der Waals surface area contributed by atoms with Gasteiger partial charge >= 0.3 is 6.03 Å². The molecule has 0 atom stereocenters. The number of halogens is 2. The van der Waals surface area contributed by atoms with Crippen molar-refractivity contribution in [2.24, 2.45) is 0 Å². The van der Waals surface area contributed by atoms with Gasteiger partial charge in [-0.05, 0) is 42.5 Å². The monoisotopic (exact) mass is 459 g/mol. The number of rotatable bonds is 4. The molecule has 0 unspecified atom stereocenters. The number of benzene rings is 2. The first-order valence-corrected chi connectivity index (χ1v) is 9.83.